The molecule has 1 rings (SSSR count). The molecule has 0 aliphatic rings. The third-order valence-corrected chi connectivity index (χ3v) is 4.26. The van der Waals surface area contributed by atoms with E-state index < -0.39 is 0 Å². The van der Waals surface area contributed by atoms with E-state index in [4.69, 9.17) is 0 Å². The van der Waals surface area contributed by atoms with Crippen LogP contribution in [0.5, 0.6) is 0 Å². The van der Waals surface area contributed by atoms with Gasteiger partial charge in [-0.05, 0) is 43.6 Å². The maximum atomic E-state index is 3.68. The van der Waals surface area contributed by atoms with Crippen LogP contribution in [0.15, 0.2) is 28.7 Å². The van der Waals surface area contributed by atoms with E-state index in [9.17, 15) is 0 Å². The average Bonchev–Trinajstić information content (AvgIpc) is 2.42. The van der Waals surface area contributed by atoms with E-state index >= 15 is 0 Å². The van der Waals surface area contributed by atoms with Gasteiger partial charge in [0.15, 0.2) is 0 Å². The molecule has 0 amide bonds. The van der Waals surface area contributed by atoms with Crippen molar-refractivity contribution in [3.8, 4) is 0 Å². The van der Waals surface area contributed by atoms with Crippen molar-refractivity contribution in [3.05, 3.63) is 34.3 Å². The Morgan fingerprint density at radius 2 is 1.90 bits per heavy atom. The van der Waals surface area contributed by atoms with Crippen LogP contribution in [-0.4, -0.2) is 31.1 Å². The van der Waals surface area contributed by atoms with Gasteiger partial charge in [0.1, 0.15) is 0 Å². The smallest absolute Gasteiger partial charge is 0.0343 e. The first-order chi connectivity index (χ1) is 9.58. The molecule has 1 aromatic carbocycles. The van der Waals surface area contributed by atoms with Gasteiger partial charge >= 0.3 is 0 Å². The van der Waals surface area contributed by atoms with Gasteiger partial charge in [-0.3, -0.25) is 0 Å². The van der Waals surface area contributed by atoms with Crippen molar-refractivity contribution in [3.63, 3.8) is 0 Å². The zero-order valence-corrected chi connectivity index (χ0v) is 14.9. The second-order valence-corrected chi connectivity index (χ2v) is 6.56. The number of nitrogens with zero attached hydrogens (tertiary/aromatic N) is 1. The summed E-state index contributed by atoms with van der Waals surface area (Å²) in [4.78, 5) is 2.55. The molecule has 0 saturated carbocycles. The first-order valence-corrected chi connectivity index (χ1v) is 8.57. The first kappa shape index (κ1) is 17.7. The SMILES string of the molecule is CCNC(CCN(CC)CC(C)C)c1ccccc1Br. The molecule has 0 saturated heterocycles. The van der Waals surface area contributed by atoms with Crippen LogP contribution in [0.3, 0.4) is 0 Å². The van der Waals surface area contributed by atoms with Gasteiger partial charge in [-0.25, -0.2) is 0 Å². The molecule has 20 heavy (non-hydrogen) atoms. The Balaban J connectivity index is 2.66. The molecule has 0 spiro atoms. The predicted octanol–water partition coefficient (Wildman–Crippen LogP) is 4.47. The molecular formula is C17H29BrN2. The molecule has 0 heterocycles. The van der Waals surface area contributed by atoms with E-state index in [1.54, 1.807) is 0 Å². The largest absolute Gasteiger partial charge is 0.310 e. The highest BCUT2D eigenvalue weighted by atomic mass is 79.9. The highest BCUT2D eigenvalue weighted by Crippen LogP contribution is 2.25. The Labute approximate surface area is 133 Å². The van der Waals surface area contributed by atoms with Gasteiger partial charge in [-0.1, -0.05) is 61.8 Å². The fraction of sp³-hybridized carbons (Fsp3) is 0.647. The zero-order chi connectivity index (χ0) is 15.0. The van der Waals surface area contributed by atoms with Gasteiger partial charge in [0, 0.05) is 17.1 Å². The number of hydrogen-bond acceptors (Lipinski definition) is 2. The van der Waals surface area contributed by atoms with E-state index in [1.807, 2.05) is 0 Å². The van der Waals surface area contributed by atoms with E-state index in [0.29, 0.717) is 6.04 Å². The molecule has 2 nitrogen and oxygen atoms in total. The Kier molecular flexibility index (Phi) is 8.43. The number of hydrogen-bond donors (Lipinski definition) is 1. The molecule has 3 heteroatoms. The van der Waals surface area contributed by atoms with Gasteiger partial charge in [0.25, 0.3) is 0 Å². The molecule has 1 N–H and O–H groups in total. The maximum absolute atomic E-state index is 3.68. The van der Waals surface area contributed by atoms with Gasteiger partial charge in [-0.2, -0.15) is 0 Å². The molecule has 0 fully saturated rings. The van der Waals surface area contributed by atoms with Crippen molar-refractivity contribution in [2.24, 2.45) is 5.92 Å². The van der Waals surface area contributed by atoms with Crippen molar-refractivity contribution >= 4 is 15.9 Å². The summed E-state index contributed by atoms with van der Waals surface area (Å²) in [5, 5.41) is 3.62. The minimum Gasteiger partial charge on any atom is -0.310 e. The van der Waals surface area contributed by atoms with Crippen molar-refractivity contribution in [1.29, 1.82) is 0 Å². The second-order valence-electron chi connectivity index (χ2n) is 5.71. The fourth-order valence-corrected chi connectivity index (χ4v) is 3.14. The Hall–Kier alpha value is -0.380. The summed E-state index contributed by atoms with van der Waals surface area (Å²) in [5.74, 6) is 0.732. The van der Waals surface area contributed by atoms with Gasteiger partial charge < -0.3 is 10.2 Å². The molecule has 1 atom stereocenters. The molecule has 0 aromatic heterocycles. The summed E-state index contributed by atoms with van der Waals surface area (Å²) in [6.07, 6.45) is 1.15. The van der Waals surface area contributed by atoms with Crippen LogP contribution < -0.4 is 5.32 Å². The van der Waals surface area contributed by atoms with E-state index in [1.165, 1.54) is 16.6 Å². The molecular weight excluding hydrogens is 312 g/mol. The van der Waals surface area contributed by atoms with Crippen LogP contribution in [0, 0.1) is 5.92 Å². The quantitative estimate of drug-likeness (QED) is 0.713. The Bertz CT molecular complexity index is 379. The summed E-state index contributed by atoms with van der Waals surface area (Å²) >= 11 is 3.68. The van der Waals surface area contributed by atoms with E-state index in [0.717, 1.165) is 32.0 Å². The molecule has 0 aliphatic heterocycles. The highest BCUT2D eigenvalue weighted by Gasteiger charge is 2.15. The van der Waals surface area contributed by atoms with Crippen molar-refractivity contribution in [1.82, 2.24) is 10.2 Å². The molecule has 114 valence electrons. The van der Waals surface area contributed by atoms with Gasteiger partial charge in [0.2, 0.25) is 0 Å². The average molecular weight is 341 g/mol. The summed E-state index contributed by atoms with van der Waals surface area (Å²) in [5.41, 5.74) is 1.37. The Morgan fingerprint density at radius 1 is 1.20 bits per heavy atom. The van der Waals surface area contributed by atoms with Crippen molar-refractivity contribution < 1.29 is 0 Å². The molecule has 0 radical (unpaired) electrons. The maximum Gasteiger partial charge on any atom is 0.0343 e. The third-order valence-electron chi connectivity index (χ3n) is 3.54. The number of halogens is 1. The topological polar surface area (TPSA) is 15.3 Å². The summed E-state index contributed by atoms with van der Waals surface area (Å²) in [7, 11) is 0. The van der Waals surface area contributed by atoms with E-state index in [2.05, 4.69) is 78.1 Å². The highest BCUT2D eigenvalue weighted by molar-refractivity contribution is 9.10. The number of nitrogens with one attached hydrogen (secondary N) is 1. The van der Waals surface area contributed by atoms with Crippen molar-refractivity contribution in [2.75, 3.05) is 26.2 Å². The monoisotopic (exact) mass is 340 g/mol. The van der Waals surface area contributed by atoms with Crippen LogP contribution in [-0.2, 0) is 0 Å². The zero-order valence-electron chi connectivity index (χ0n) is 13.3. The lowest BCUT2D eigenvalue weighted by atomic mass is 10.0. The standard InChI is InChI=1S/C17H29BrN2/c1-5-19-17(15-9-7-8-10-16(15)18)11-12-20(6-2)13-14(3)4/h7-10,14,17,19H,5-6,11-13H2,1-4H3. The predicted molar refractivity (Wildman–Crippen MR) is 92.1 cm³/mol. The van der Waals surface area contributed by atoms with Gasteiger partial charge in [-0.15, -0.1) is 0 Å². The summed E-state index contributed by atoms with van der Waals surface area (Å²) < 4.78 is 1.21. The lowest BCUT2D eigenvalue weighted by Gasteiger charge is -2.26. The van der Waals surface area contributed by atoms with Crippen LogP contribution >= 0.6 is 15.9 Å². The summed E-state index contributed by atoms with van der Waals surface area (Å²) in [6, 6.07) is 8.97. The lowest BCUT2D eigenvalue weighted by molar-refractivity contribution is 0.242. The molecule has 0 bridgehead atoms. The van der Waals surface area contributed by atoms with Crippen LogP contribution in [0.4, 0.5) is 0 Å². The summed E-state index contributed by atoms with van der Waals surface area (Å²) in [6.45, 7) is 13.5. The first-order valence-electron chi connectivity index (χ1n) is 7.78. The second kappa shape index (κ2) is 9.54. The number of rotatable bonds is 9. The fourth-order valence-electron chi connectivity index (χ4n) is 2.58. The van der Waals surface area contributed by atoms with Gasteiger partial charge in [0.05, 0.1) is 0 Å². The Morgan fingerprint density at radius 3 is 2.45 bits per heavy atom. The van der Waals surface area contributed by atoms with Crippen LogP contribution in [0.2, 0.25) is 0 Å². The molecule has 0 aliphatic carbocycles. The third kappa shape index (κ3) is 5.94. The lowest BCUT2D eigenvalue weighted by Crippen LogP contribution is -2.32. The molecule has 1 aromatic rings. The molecule has 1 unspecified atom stereocenters. The minimum atomic E-state index is 0.428. The van der Waals surface area contributed by atoms with E-state index in [-0.39, 0.29) is 0 Å². The van der Waals surface area contributed by atoms with Crippen LogP contribution in [0.25, 0.3) is 0 Å². The van der Waals surface area contributed by atoms with Crippen molar-refractivity contribution in [2.45, 2.75) is 40.2 Å². The van der Waals surface area contributed by atoms with Crippen LogP contribution in [0.1, 0.15) is 45.7 Å². The number of benzene rings is 1. The normalized spacial score (nSPS) is 13.2. The minimum absolute atomic E-state index is 0.428.